The first-order chi connectivity index (χ1) is 6.91. The van der Waals surface area contributed by atoms with E-state index in [0.717, 1.165) is 19.6 Å². The summed E-state index contributed by atoms with van der Waals surface area (Å²) in [5.41, 5.74) is 0. The summed E-state index contributed by atoms with van der Waals surface area (Å²) >= 11 is 0. The van der Waals surface area contributed by atoms with Gasteiger partial charge in [-0.25, -0.2) is 0 Å². The van der Waals surface area contributed by atoms with E-state index < -0.39 is 0 Å². The maximum Gasteiger partial charge on any atom is 0.146 e. The van der Waals surface area contributed by atoms with Crippen LogP contribution in [0, 0.1) is 0 Å². The van der Waals surface area contributed by atoms with Gasteiger partial charge in [-0.05, 0) is 12.8 Å². The molecule has 0 saturated carbocycles. The third kappa shape index (κ3) is 11.9. The first-order valence-corrected chi connectivity index (χ1v) is 6.07. The van der Waals surface area contributed by atoms with Gasteiger partial charge in [-0.1, -0.05) is 46.0 Å². The molecule has 0 spiro atoms. The molecule has 0 aliphatic heterocycles. The number of hydrogen-bond donors (Lipinski definition) is 0. The molecule has 0 aromatic carbocycles. The minimum absolute atomic E-state index is 0.475. The average Bonchev–Trinajstić information content (AvgIpc) is 2.21. The summed E-state index contributed by atoms with van der Waals surface area (Å²) in [7, 11) is 0. The first-order valence-electron chi connectivity index (χ1n) is 6.07. The van der Waals surface area contributed by atoms with Gasteiger partial charge in [-0.15, -0.1) is 0 Å². The van der Waals surface area contributed by atoms with Crippen molar-refractivity contribution in [2.45, 2.75) is 58.8 Å². The highest BCUT2D eigenvalue weighted by molar-refractivity contribution is 4.42. The van der Waals surface area contributed by atoms with Gasteiger partial charge in [0, 0.05) is 13.2 Å². The van der Waals surface area contributed by atoms with Gasteiger partial charge in [0.1, 0.15) is 6.79 Å². The monoisotopic (exact) mass is 202 g/mol. The predicted molar refractivity (Wildman–Crippen MR) is 60.4 cm³/mol. The number of hydrogen-bond acceptors (Lipinski definition) is 2. The van der Waals surface area contributed by atoms with Crippen molar-refractivity contribution in [2.75, 3.05) is 20.0 Å². The minimum atomic E-state index is 0.475. The standard InChI is InChI=1S/C12H26O2/c1-3-5-6-7-8-9-11-14-12-13-10-4-2/h3-12H2,1-2H3. The molecule has 0 N–H and O–H groups in total. The van der Waals surface area contributed by atoms with E-state index in [1.807, 2.05) is 0 Å². The highest BCUT2D eigenvalue weighted by Gasteiger charge is 1.90. The molecule has 0 aromatic heterocycles. The van der Waals surface area contributed by atoms with Crippen LogP contribution in [0.25, 0.3) is 0 Å². The van der Waals surface area contributed by atoms with Gasteiger partial charge in [0.15, 0.2) is 0 Å². The molecule has 14 heavy (non-hydrogen) atoms. The third-order valence-corrected chi connectivity index (χ3v) is 2.16. The summed E-state index contributed by atoms with van der Waals surface area (Å²) < 4.78 is 10.5. The molecule has 0 aliphatic rings. The molecule has 0 radical (unpaired) electrons. The van der Waals surface area contributed by atoms with Crippen LogP contribution in [0.15, 0.2) is 0 Å². The number of ether oxygens (including phenoxy) is 2. The predicted octanol–water partition coefficient (Wildman–Crippen LogP) is 3.75. The Labute approximate surface area is 89.0 Å². The van der Waals surface area contributed by atoms with Gasteiger partial charge < -0.3 is 9.47 Å². The lowest BCUT2D eigenvalue weighted by molar-refractivity contribution is -0.0543. The van der Waals surface area contributed by atoms with Gasteiger partial charge in [-0.3, -0.25) is 0 Å². The minimum Gasteiger partial charge on any atom is -0.355 e. The van der Waals surface area contributed by atoms with E-state index in [4.69, 9.17) is 9.47 Å². The smallest absolute Gasteiger partial charge is 0.146 e. The van der Waals surface area contributed by atoms with E-state index in [-0.39, 0.29) is 0 Å². The lowest BCUT2D eigenvalue weighted by Crippen LogP contribution is -2.02. The van der Waals surface area contributed by atoms with E-state index in [9.17, 15) is 0 Å². The Bertz CT molecular complexity index is 82.3. The van der Waals surface area contributed by atoms with E-state index in [1.165, 1.54) is 38.5 Å². The number of rotatable bonds is 11. The van der Waals surface area contributed by atoms with Gasteiger partial charge in [-0.2, -0.15) is 0 Å². The maximum absolute atomic E-state index is 5.32. The van der Waals surface area contributed by atoms with Crippen LogP contribution >= 0.6 is 0 Å². The second-order valence-electron chi connectivity index (χ2n) is 3.70. The van der Waals surface area contributed by atoms with Crippen molar-refractivity contribution in [3.8, 4) is 0 Å². The molecule has 2 heteroatoms. The van der Waals surface area contributed by atoms with Crippen LogP contribution in [-0.2, 0) is 9.47 Å². The van der Waals surface area contributed by atoms with Gasteiger partial charge >= 0.3 is 0 Å². The fraction of sp³-hybridized carbons (Fsp3) is 1.00. The van der Waals surface area contributed by atoms with Crippen molar-refractivity contribution in [3.63, 3.8) is 0 Å². The summed E-state index contributed by atoms with van der Waals surface area (Å²) in [4.78, 5) is 0. The maximum atomic E-state index is 5.32. The molecule has 0 rings (SSSR count). The largest absolute Gasteiger partial charge is 0.355 e. The molecule has 2 nitrogen and oxygen atoms in total. The Morgan fingerprint density at radius 2 is 1.29 bits per heavy atom. The summed E-state index contributed by atoms with van der Waals surface area (Å²) in [6, 6.07) is 0. The third-order valence-electron chi connectivity index (χ3n) is 2.16. The highest BCUT2D eigenvalue weighted by atomic mass is 16.7. The van der Waals surface area contributed by atoms with Crippen LogP contribution in [0.3, 0.4) is 0 Å². The molecule has 0 amide bonds. The SMILES string of the molecule is CCCCCCCCOCOCCC. The van der Waals surface area contributed by atoms with Crippen LogP contribution in [0.5, 0.6) is 0 Å². The fourth-order valence-electron chi connectivity index (χ4n) is 1.31. The van der Waals surface area contributed by atoms with Crippen molar-refractivity contribution >= 4 is 0 Å². The Morgan fingerprint density at radius 3 is 2.00 bits per heavy atom. The average molecular weight is 202 g/mol. The quantitative estimate of drug-likeness (QED) is 0.375. The Kier molecular flexibility index (Phi) is 12.8. The van der Waals surface area contributed by atoms with Crippen LogP contribution in [0.1, 0.15) is 58.8 Å². The van der Waals surface area contributed by atoms with Gasteiger partial charge in [0.2, 0.25) is 0 Å². The van der Waals surface area contributed by atoms with Crippen molar-refractivity contribution in [2.24, 2.45) is 0 Å². The van der Waals surface area contributed by atoms with Crippen molar-refractivity contribution < 1.29 is 9.47 Å². The Morgan fingerprint density at radius 1 is 0.643 bits per heavy atom. The van der Waals surface area contributed by atoms with Crippen LogP contribution in [-0.4, -0.2) is 20.0 Å². The zero-order valence-corrected chi connectivity index (χ0v) is 9.89. The second kappa shape index (κ2) is 12.9. The zero-order chi connectivity index (χ0) is 10.5. The van der Waals surface area contributed by atoms with Crippen LogP contribution < -0.4 is 0 Å². The lowest BCUT2D eigenvalue weighted by atomic mass is 10.1. The highest BCUT2D eigenvalue weighted by Crippen LogP contribution is 2.04. The molecule has 0 unspecified atom stereocenters. The van der Waals surface area contributed by atoms with E-state index in [1.54, 1.807) is 0 Å². The molecular weight excluding hydrogens is 176 g/mol. The van der Waals surface area contributed by atoms with E-state index in [2.05, 4.69) is 13.8 Å². The summed E-state index contributed by atoms with van der Waals surface area (Å²) in [5.74, 6) is 0. The molecule has 0 heterocycles. The molecule has 0 fully saturated rings. The van der Waals surface area contributed by atoms with Crippen molar-refractivity contribution in [1.82, 2.24) is 0 Å². The van der Waals surface area contributed by atoms with Crippen LogP contribution in [0.4, 0.5) is 0 Å². The van der Waals surface area contributed by atoms with Gasteiger partial charge in [0.05, 0.1) is 0 Å². The van der Waals surface area contributed by atoms with Crippen molar-refractivity contribution in [1.29, 1.82) is 0 Å². The normalized spacial score (nSPS) is 10.7. The summed E-state index contributed by atoms with van der Waals surface area (Å²) in [5, 5.41) is 0. The topological polar surface area (TPSA) is 18.5 Å². The first kappa shape index (κ1) is 13.9. The molecule has 0 aliphatic carbocycles. The van der Waals surface area contributed by atoms with E-state index >= 15 is 0 Å². The Balaban J connectivity index is 2.78. The van der Waals surface area contributed by atoms with Crippen molar-refractivity contribution in [3.05, 3.63) is 0 Å². The molecule has 86 valence electrons. The molecular formula is C12H26O2. The van der Waals surface area contributed by atoms with E-state index in [0.29, 0.717) is 6.79 Å². The lowest BCUT2D eigenvalue weighted by Gasteiger charge is -2.04. The summed E-state index contributed by atoms with van der Waals surface area (Å²) in [6.07, 6.45) is 8.98. The molecule has 0 atom stereocenters. The zero-order valence-electron chi connectivity index (χ0n) is 9.89. The fourth-order valence-corrected chi connectivity index (χ4v) is 1.31. The molecule has 0 aromatic rings. The Hall–Kier alpha value is -0.0800. The van der Waals surface area contributed by atoms with Gasteiger partial charge in [0.25, 0.3) is 0 Å². The molecule has 0 saturated heterocycles. The molecule has 0 bridgehead atoms. The number of unbranched alkanes of at least 4 members (excludes halogenated alkanes) is 5. The summed E-state index contributed by atoms with van der Waals surface area (Å²) in [6.45, 7) is 6.50. The second-order valence-corrected chi connectivity index (χ2v) is 3.70. The van der Waals surface area contributed by atoms with Crippen LogP contribution in [0.2, 0.25) is 0 Å².